The molecule has 0 radical (unpaired) electrons. The molecule has 0 saturated carbocycles. The van der Waals surface area contributed by atoms with Crippen molar-refractivity contribution in [3.8, 4) is 11.5 Å². The van der Waals surface area contributed by atoms with Gasteiger partial charge in [-0.15, -0.1) is 11.3 Å². The van der Waals surface area contributed by atoms with E-state index in [1.807, 2.05) is 24.3 Å². The Bertz CT molecular complexity index is 1410. The van der Waals surface area contributed by atoms with Crippen molar-refractivity contribution >= 4 is 40.6 Å². The number of hydrogen-bond acceptors (Lipinski definition) is 4. The summed E-state index contributed by atoms with van der Waals surface area (Å²) in [6.45, 7) is 4.75. The van der Waals surface area contributed by atoms with Crippen LogP contribution in [0.3, 0.4) is 0 Å². The molecular weight excluding hydrogens is 510 g/mol. The number of ether oxygens (including phenoxy) is 2. The lowest BCUT2D eigenvalue weighted by Gasteiger charge is -2.32. The van der Waals surface area contributed by atoms with Crippen molar-refractivity contribution in [3.63, 3.8) is 0 Å². The van der Waals surface area contributed by atoms with Crippen LogP contribution in [0.4, 0.5) is 17.1 Å². The average Bonchev–Trinajstić information content (AvgIpc) is 3.50. The minimum atomic E-state index is 0.278. The lowest BCUT2D eigenvalue weighted by Crippen LogP contribution is -2.20. The van der Waals surface area contributed by atoms with Gasteiger partial charge in [0.2, 0.25) is 0 Å². The van der Waals surface area contributed by atoms with Crippen molar-refractivity contribution in [2.45, 2.75) is 26.7 Å². The summed E-state index contributed by atoms with van der Waals surface area (Å²) in [5.41, 5.74) is 6.07. The molecule has 5 rings (SSSR count). The summed E-state index contributed by atoms with van der Waals surface area (Å²) < 4.78 is 10.8. The monoisotopic (exact) mass is 547 g/mol. The summed E-state index contributed by atoms with van der Waals surface area (Å²) in [5.74, 6) is 2.13. The predicted molar refractivity (Wildman–Crippen MR) is 171 cm³/mol. The Morgan fingerprint density at radius 3 is 1.85 bits per heavy atom. The molecule has 1 aliphatic carbocycles. The maximum atomic E-state index is 5.38. The SMILES string of the molecule is COc1ccc(N(c2ccc(/C=C/C3=CC(/C=C/c4cccs4)CC(C)(C)C3)cc2)c2ccc(OC)cc2)cc1. The highest BCUT2D eigenvalue weighted by Gasteiger charge is 2.26. The van der Waals surface area contributed by atoms with E-state index in [1.165, 1.54) is 22.4 Å². The third-order valence-corrected chi connectivity index (χ3v) is 8.09. The normalized spacial score (nSPS) is 16.7. The topological polar surface area (TPSA) is 21.7 Å². The minimum Gasteiger partial charge on any atom is -0.497 e. The lowest BCUT2D eigenvalue weighted by atomic mass is 9.72. The fraction of sp³-hybridized carbons (Fsp3) is 0.222. The van der Waals surface area contributed by atoms with Crippen molar-refractivity contribution < 1.29 is 9.47 Å². The number of allylic oxidation sites excluding steroid dienone is 4. The van der Waals surface area contributed by atoms with Crippen LogP contribution in [0.15, 0.2) is 114 Å². The van der Waals surface area contributed by atoms with Crippen LogP contribution in [0.1, 0.15) is 37.1 Å². The summed E-state index contributed by atoms with van der Waals surface area (Å²) in [4.78, 5) is 3.55. The highest BCUT2D eigenvalue weighted by atomic mass is 32.1. The highest BCUT2D eigenvalue weighted by molar-refractivity contribution is 7.10. The molecular formula is C36H37NO2S. The Morgan fingerprint density at radius 2 is 1.32 bits per heavy atom. The van der Waals surface area contributed by atoms with Crippen molar-refractivity contribution in [1.29, 1.82) is 0 Å². The molecule has 0 saturated heterocycles. The smallest absolute Gasteiger partial charge is 0.119 e. The number of methoxy groups -OCH3 is 2. The average molecular weight is 548 g/mol. The Hall–Kier alpha value is -4.02. The summed E-state index contributed by atoms with van der Waals surface area (Å²) in [6.07, 6.45) is 13.9. The molecule has 40 heavy (non-hydrogen) atoms. The van der Waals surface area contributed by atoms with E-state index in [1.54, 1.807) is 25.6 Å². The molecule has 1 aliphatic rings. The Labute approximate surface area is 242 Å². The third kappa shape index (κ3) is 6.94. The van der Waals surface area contributed by atoms with Crippen molar-refractivity contribution in [1.82, 2.24) is 0 Å². The summed E-state index contributed by atoms with van der Waals surface area (Å²) in [6, 6.07) is 29.3. The van der Waals surface area contributed by atoms with Gasteiger partial charge in [0.15, 0.2) is 0 Å². The molecule has 3 aromatic carbocycles. The van der Waals surface area contributed by atoms with E-state index in [0.29, 0.717) is 5.92 Å². The van der Waals surface area contributed by atoms with Gasteiger partial charge in [-0.2, -0.15) is 0 Å². The Kier molecular flexibility index (Phi) is 8.57. The first-order valence-electron chi connectivity index (χ1n) is 13.7. The van der Waals surface area contributed by atoms with E-state index in [2.05, 4.69) is 115 Å². The zero-order valence-electron chi connectivity index (χ0n) is 23.7. The van der Waals surface area contributed by atoms with Crippen molar-refractivity contribution in [2.24, 2.45) is 11.3 Å². The zero-order chi connectivity index (χ0) is 28.0. The second-order valence-electron chi connectivity index (χ2n) is 11.0. The molecule has 204 valence electrons. The van der Waals surface area contributed by atoms with Crippen molar-refractivity contribution in [3.05, 3.63) is 125 Å². The highest BCUT2D eigenvalue weighted by Crippen LogP contribution is 2.40. The molecule has 0 spiro atoms. The van der Waals surface area contributed by atoms with Crippen LogP contribution in [-0.2, 0) is 0 Å². The molecule has 3 nitrogen and oxygen atoms in total. The standard InChI is InChI=1S/C36H37NO2S/c1-36(2)25-28(24-29(26-36)11-22-35-6-5-23-40-35)8-7-27-9-12-30(13-10-27)37(31-14-18-33(38-3)19-15-31)32-16-20-34(39-4)21-17-32/h5-24,29H,25-26H2,1-4H3/b8-7+,22-11+. The second kappa shape index (κ2) is 12.4. The fourth-order valence-electron chi connectivity index (χ4n) is 5.35. The van der Waals surface area contributed by atoms with Gasteiger partial charge in [-0.3, -0.25) is 0 Å². The van der Waals surface area contributed by atoms with Crippen LogP contribution in [-0.4, -0.2) is 14.2 Å². The molecule has 1 atom stereocenters. The first kappa shape index (κ1) is 27.5. The number of thiophene rings is 1. The largest absolute Gasteiger partial charge is 0.497 e. The summed E-state index contributed by atoms with van der Waals surface area (Å²) >= 11 is 1.79. The van der Waals surface area contributed by atoms with Gasteiger partial charge in [-0.1, -0.05) is 61.9 Å². The molecule has 0 amide bonds. The Balaban J connectivity index is 1.37. The van der Waals surface area contributed by atoms with E-state index < -0.39 is 0 Å². The van der Waals surface area contributed by atoms with Crippen molar-refractivity contribution in [2.75, 3.05) is 19.1 Å². The molecule has 0 bridgehead atoms. The summed E-state index contributed by atoms with van der Waals surface area (Å²) in [5, 5.41) is 2.13. The van der Waals surface area contributed by atoms with Gasteiger partial charge in [0, 0.05) is 21.9 Å². The van der Waals surface area contributed by atoms with Crippen LogP contribution in [0.5, 0.6) is 11.5 Å². The van der Waals surface area contributed by atoms with E-state index in [4.69, 9.17) is 9.47 Å². The number of hydrogen-bond donors (Lipinski definition) is 0. The molecule has 0 aliphatic heterocycles. The second-order valence-corrected chi connectivity index (χ2v) is 12.0. The van der Waals surface area contributed by atoms with Crippen LogP contribution >= 0.6 is 11.3 Å². The van der Waals surface area contributed by atoms with Gasteiger partial charge in [0.1, 0.15) is 11.5 Å². The molecule has 1 heterocycles. The maximum absolute atomic E-state index is 5.38. The maximum Gasteiger partial charge on any atom is 0.119 e. The van der Waals surface area contributed by atoms with Crippen LogP contribution < -0.4 is 14.4 Å². The third-order valence-electron chi connectivity index (χ3n) is 7.25. The molecule has 0 N–H and O–H groups in total. The van der Waals surface area contributed by atoms with Crippen LogP contribution in [0.2, 0.25) is 0 Å². The van der Waals surface area contributed by atoms with Gasteiger partial charge in [-0.25, -0.2) is 0 Å². The quantitative estimate of drug-likeness (QED) is 0.208. The number of nitrogens with zero attached hydrogens (tertiary/aromatic N) is 1. The molecule has 1 unspecified atom stereocenters. The van der Waals surface area contributed by atoms with Crippen LogP contribution in [0.25, 0.3) is 12.2 Å². The predicted octanol–water partition coefficient (Wildman–Crippen LogP) is 10.3. The fourth-order valence-corrected chi connectivity index (χ4v) is 5.97. The van der Waals surface area contributed by atoms with E-state index in [-0.39, 0.29) is 5.41 Å². The lowest BCUT2D eigenvalue weighted by molar-refractivity contribution is 0.295. The van der Waals surface area contributed by atoms with Gasteiger partial charge in [0.25, 0.3) is 0 Å². The van der Waals surface area contributed by atoms with Gasteiger partial charge in [-0.05, 0) is 108 Å². The first-order valence-corrected chi connectivity index (χ1v) is 14.6. The number of anilines is 3. The van der Waals surface area contributed by atoms with E-state index >= 15 is 0 Å². The van der Waals surface area contributed by atoms with Crippen LogP contribution in [0, 0.1) is 11.3 Å². The molecule has 4 aromatic rings. The molecule has 0 fully saturated rings. The zero-order valence-corrected chi connectivity index (χ0v) is 24.5. The first-order chi connectivity index (χ1) is 19.4. The summed E-state index contributed by atoms with van der Waals surface area (Å²) in [7, 11) is 3.38. The van der Waals surface area contributed by atoms with Gasteiger partial charge in [0.05, 0.1) is 14.2 Å². The number of rotatable bonds is 9. The molecule has 1 aromatic heterocycles. The van der Waals surface area contributed by atoms with Gasteiger partial charge >= 0.3 is 0 Å². The Morgan fingerprint density at radius 1 is 0.750 bits per heavy atom. The van der Waals surface area contributed by atoms with Gasteiger partial charge < -0.3 is 14.4 Å². The number of benzene rings is 3. The van der Waals surface area contributed by atoms with E-state index in [9.17, 15) is 0 Å². The minimum absolute atomic E-state index is 0.278. The van der Waals surface area contributed by atoms with E-state index in [0.717, 1.165) is 35.0 Å². The molecule has 4 heteroatoms.